The first-order chi connectivity index (χ1) is 9.83. The summed E-state index contributed by atoms with van der Waals surface area (Å²) in [6.07, 6.45) is 4.92. The lowest BCUT2D eigenvalue weighted by Gasteiger charge is -2.29. The fraction of sp³-hybridized carbons (Fsp3) is 0.600. The van der Waals surface area contributed by atoms with Gasteiger partial charge in [0.25, 0.3) is 0 Å². The molecule has 0 aliphatic heterocycles. The van der Waals surface area contributed by atoms with Gasteiger partial charge in [-0.3, -0.25) is 0 Å². The summed E-state index contributed by atoms with van der Waals surface area (Å²) in [6, 6.07) is 2.39. The van der Waals surface area contributed by atoms with E-state index < -0.39 is 15.8 Å². The molecule has 2 unspecified atom stereocenters. The summed E-state index contributed by atoms with van der Waals surface area (Å²) < 4.78 is 41.4. The van der Waals surface area contributed by atoms with Crippen molar-refractivity contribution < 1.29 is 12.8 Å². The van der Waals surface area contributed by atoms with Gasteiger partial charge >= 0.3 is 0 Å². The van der Waals surface area contributed by atoms with Gasteiger partial charge in [0, 0.05) is 17.3 Å². The van der Waals surface area contributed by atoms with Crippen LogP contribution >= 0.6 is 0 Å². The van der Waals surface area contributed by atoms with E-state index in [1.54, 1.807) is 0 Å². The highest BCUT2D eigenvalue weighted by molar-refractivity contribution is 7.89. The van der Waals surface area contributed by atoms with Crippen molar-refractivity contribution >= 4 is 15.7 Å². The van der Waals surface area contributed by atoms with Gasteiger partial charge in [-0.15, -0.1) is 0 Å². The molecule has 1 aliphatic rings. The topological polar surface area (TPSA) is 72.2 Å². The van der Waals surface area contributed by atoms with Gasteiger partial charge < -0.3 is 5.73 Å². The molecule has 118 valence electrons. The Hall–Kier alpha value is -1.14. The van der Waals surface area contributed by atoms with Crippen molar-refractivity contribution in [2.75, 3.05) is 5.73 Å². The molecule has 1 fully saturated rings. The van der Waals surface area contributed by atoms with Crippen molar-refractivity contribution in [3.63, 3.8) is 0 Å². The Bertz CT molecular complexity index is 616. The zero-order valence-corrected chi connectivity index (χ0v) is 13.3. The van der Waals surface area contributed by atoms with E-state index in [2.05, 4.69) is 11.6 Å². The Morgan fingerprint density at radius 1 is 1.38 bits per heavy atom. The molecule has 2 atom stereocenters. The number of nitrogens with two attached hydrogens (primary N) is 1. The molecule has 0 amide bonds. The Labute approximate surface area is 126 Å². The predicted molar refractivity (Wildman–Crippen MR) is 81.9 cm³/mol. The van der Waals surface area contributed by atoms with Crippen LogP contribution in [0.3, 0.4) is 0 Å². The Morgan fingerprint density at radius 3 is 2.76 bits per heavy atom. The summed E-state index contributed by atoms with van der Waals surface area (Å²) in [6.45, 7) is 3.58. The first kappa shape index (κ1) is 16.2. The zero-order valence-electron chi connectivity index (χ0n) is 12.5. The molecule has 3 N–H and O–H groups in total. The highest BCUT2D eigenvalue weighted by Crippen LogP contribution is 2.28. The quantitative estimate of drug-likeness (QED) is 0.839. The molecule has 0 spiro atoms. The van der Waals surface area contributed by atoms with Gasteiger partial charge in [-0.05, 0) is 37.8 Å². The lowest BCUT2D eigenvalue weighted by molar-refractivity contribution is 0.301. The second-order valence-corrected chi connectivity index (χ2v) is 7.57. The molecular weight excluding hydrogens is 291 g/mol. The second-order valence-electron chi connectivity index (χ2n) is 5.88. The van der Waals surface area contributed by atoms with Crippen LogP contribution in [0.2, 0.25) is 0 Å². The average Bonchev–Trinajstić information content (AvgIpc) is 2.42. The number of anilines is 1. The zero-order chi connectivity index (χ0) is 15.6. The second kappa shape index (κ2) is 6.32. The lowest BCUT2D eigenvalue weighted by atomic mass is 9.85. The third-order valence-electron chi connectivity index (χ3n) is 4.29. The van der Waals surface area contributed by atoms with Gasteiger partial charge in [0.15, 0.2) is 0 Å². The van der Waals surface area contributed by atoms with E-state index in [1.165, 1.54) is 13.0 Å². The summed E-state index contributed by atoms with van der Waals surface area (Å²) in [4.78, 5) is -0.0568. The Kier molecular flexibility index (Phi) is 4.88. The molecule has 1 aromatic carbocycles. The number of nitrogen functional groups attached to an aromatic ring is 1. The smallest absolute Gasteiger partial charge is 0.241 e. The molecule has 1 saturated carbocycles. The van der Waals surface area contributed by atoms with Crippen molar-refractivity contribution in [2.24, 2.45) is 5.92 Å². The van der Waals surface area contributed by atoms with Crippen LogP contribution < -0.4 is 10.5 Å². The maximum Gasteiger partial charge on any atom is 0.241 e. The number of hydrogen-bond donors (Lipinski definition) is 2. The van der Waals surface area contributed by atoms with Gasteiger partial charge in [-0.2, -0.15) is 0 Å². The minimum Gasteiger partial charge on any atom is -0.399 e. The first-order valence-electron chi connectivity index (χ1n) is 7.41. The molecule has 2 rings (SSSR count). The van der Waals surface area contributed by atoms with E-state index in [1.807, 2.05) is 0 Å². The van der Waals surface area contributed by atoms with Crippen LogP contribution in [-0.2, 0) is 10.0 Å². The van der Waals surface area contributed by atoms with E-state index in [9.17, 15) is 12.8 Å². The number of sulfonamides is 1. The van der Waals surface area contributed by atoms with Crippen LogP contribution in [0.25, 0.3) is 0 Å². The van der Waals surface area contributed by atoms with E-state index in [4.69, 9.17) is 5.73 Å². The molecular formula is C15H23FN2O2S. The molecule has 0 heterocycles. The summed E-state index contributed by atoms with van der Waals surface area (Å²) in [7, 11) is -3.74. The lowest BCUT2D eigenvalue weighted by Crippen LogP contribution is -2.38. The number of nitrogens with one attached hydrogen (secondary N) is 1. The van der Waals surface area contributed by atoms with E-state index in [0.717, 1.165) is 38.2 Å². The van der Waals surface area contributed by atoms with E-state index in [-0.39, 0.29) is 22.2 Å². The molecule has 0 bridgehead atoms. The summed E-state index contributed by atoms with van der Waals surface area (Å²) >= 11 is 0. The fourth-order valence-corrected chi connectivity index (χ4v) is 4.58. The maximum atomic E-state index is 13.7. The monoisotopic (exact) mass is 314 g/mol. The van der Waals surface area contributed by atoms with Gasteiger partial charge in [-0.1, -0.05) is 26.2 Å². The van der Waals surface area contributed by atoms with Crippen LogP contribution in [-0.4, -0.2) is 14.5 Å². The number of benzene rings is 1. The Balaban J connectivity index is 2.23. The van der Waals surface area contributed by atoms with Gasteiger partial charge in [-0.25, -0.2) is 17.5 Å². The van der Waals surface area contributed by atoms with Crippen molar-refractivity contribution in [3.8, 4) is 0 Å². The fourth-order valence-electron chi connectivity index (χ4n) is 3.00. The van der Waals surface area contributed by atoms with Crippen LogP contribution in [0, 0.1) is 18.7 Å². The van der Waals surface area contributed by atoms with Crippen LogP contribution in [0.1, 0.15) is 44.6 Å². The predicted octanol–water partition coefficient (Wildman–Crippen LogP) is 2.96. The summed E-state index contributed by atoms with van der Waals surface area (Å²) in [5, 5.41) is 0. The molecule has 0 aromatic heterocycles. The molecule has 21 heavy (non-hydrogen) atoms. The largest absolute Gasteiger partial charge is 0.399 e. The van der Waals surface area contributed by atoms with Crippen LogP contribution in [0.5, 0.6) is 0 Å². The van der Waals surface area contributed by atoms with Gasteiger partial charge in [0.1, 0.15) is 5.82 Å². The molecule has 1 aromatic rings. The maximum absolute atomic E-state index is 13.7. The highest BCUT2D eigenvalue weighted by Gasteiger charge is 2.27. The minimum atomic E-state index is -3.74. The van der Waals surface area contributed by atoms with E-state index >= 15 is 0 Å². The third-order valence-corrected chi connectivity index (χ3v) is 5.94. The molecule has 6 heteroatoms. The van der Waals surface area contributed by atoms with Gasteiger partial charge in [0.05, 0.1) is 4.90 Å². The Morgan fingerprint density at radius 2 is 2.10 bits per heavy atom. The third kappa shape index (κ3) is 3.74. The van der Waals surface area contributed by atoms with Crippen molar-refractivity contribution in [1.82, 2.24) is 4.72 Å². The number of hydrogen-bond acceptors (Lipinski definition) is 3. The van der Waals surface area contributed by atoms with Crippen molar-refractivity contribution in [3.05, 3.63) is 23.5 Å². The van der Waals surface area contributed by atoms with Crippen molar-refractivity contribution in [1.29, 1.82) is 0 Å². The van der Waals surface area contributed by atoms with Crippen LogP contribution in [0.4, 0.5) is 10.1 Å². The minimum absolute atomic E-state index is 0.0568. The number of halogens is 1. The first-order valence-corrected chi connectivity index (χ1v) is 8.89. The number of rotatable bonds is 4. The average molecular weight is 314 g/mol. The summed E-state index contributed by atoms with van der Waals surface area (Å²) in [5.41, 5.74) is 5.80. The highest BCUT2D eigenvalue weighted by atomic mass is 32.2. The summed E-state index contributed by atoms with van der Waals surface area (Å²) in [5.74, 6) is -0.0319. The molecule has 1 aliphatic carbocycles. The molecule has 4 nitrogen and oxygen atoms in total. The normalized spacial score (nSPS) is 23.2. The van der Waals surface area contributed by atoms with Gasteiger partial charge in [0.2, 0.25) is 10.0 Å². The molecule has 0 saturated heterocycles. The SMILES string of the molecule is CCC1CCCC(NS(=O)(=O)c2cc(N)cc(F)c2C)C1. The standard InChI is InChI=1S/C15H23FN2O2S/c1-3-11-5-4-6-13(7-11)18-21(19,20)15-9-12(17)8-14(16)10(15)2/h8-9,11,13,18H,3-7,17H2,1-2H3. The van der Waals surface area contributed by atoms with Crippen molar-refractivity contribution in [2.45, 2.75) is 56.9 Å². The van der Waals surface area contributed by atoms with Crippen LogP contribution in [0.15, 0.2) is 17.0 Å². The molecule has 0 radical (unpaired) electrons. The van der Waals surface area contributed by atoms with E-state index in [0.29, 0.717) is 5.92 Å².